The van der Waals surface area contributed by atoms with Gasteiger partial charge in [-0.2, -0.15) is 4.57 Å². The molecule has 0 N–H and O–H groups in total. The molecule has 0 saturated carbocycles. The number of aromatic nitrogens is 1. The van der Waals surface area contributed by atoms with Crippen LogP contribution in [0.1, 0.15) is 41.9 Å². The van der Waals surface area contributed by atoms with Crippen LogP contribution in [0.4, 0.5) is 0 Å². The monoisotopic (exact) mass is 300 g/mol. The van der Waals surface area contributed by atoms with E-state index in [9.17, 15) is 0 Å². The fraction of sp³-hybridized carbons (Fsp3) is 0.471. The lowest BCUT2D eigenvalue weighted by atomic mass is 10.0. The molecule has 0 saturated heterocycles. The fourth-order valence-electron chi connectivity index (χ4n) is 2.58. The van der Waals surface area contributed by atoms with Crippen molar-refractivity contribution in [3.8, 4) is 0 Å². The van der Waals surface area contributed by atoms with Gasteiger partial charge in [0.05, 0.1) is 5.03 Å². The minimum absolute atomic E-state index is 0. The summed E-state index contributed by atoms with van der Waals surface area (Å²) in [6.07, 6.45) is 2.32. The summed E-state index contributed by atoms with van der Waals surface area (Å²) in [4.78, 5) is 3.67. The van der Waals surface area contributed by atoms with E-state index < -0.39 is 0 Å². The van der Waals surface area contributed by atoms with Crippen molar-refractivity contribution >= 4 is 26.3 Å². The molecule has 2 rings (SSSR count). The van der Waals surface area contributed by atoms with Gasteiger partial charge in [0.2, 0.25) is 5.69 Å². The summed E-state index contributed by atoms with van der Waals surface area (Å²) in [6, 6.07) is 0. The summed E-state index contributed by atoms with van der Waals surface area (Å²) in [6.45, 7) is 13.2. The van der Waals surface area contributed by atoms with Crippen LogP contribution in [0.2, 0.25) is 0 Å². The molecule has 0 aliphatic carbocycles. The van der Waals surface area contributed by atoms with Crippen LogP contribution in [0.15, 0.2) is 15.6 Å². The molecule has 0 unspecified atom stereocenters. The Morgan fingerprint density at radius 2 is 1.52 bits per heavy atom. The van der Waals surface area contributed by atoms with E-state index in [-0.39, 0.29) is 8.41 Å². The zero-order valence-electron chi connectivity index (χ0n) is 14.5. The number of thioether (sulfide) groups is 1. The lowest BCUT2D eigenvalue weighted by Crippen LogP contribution is -2.38. The Morgan fingerprint density at radius 3 is 2.00 bits per heavy atom. The summed E-state index contributed by atoms with van der Waals surface area (Å²) in [7, 11) is 4.31. The molecule has 0 atom stereocenters. The number of rotatable bonds is 1. The molecule has 2 heterocycles. The number of allylic oxidation sites excluding steroid dienone is 2. The minimum Gasteiger partial charge on any atom is -0.342 e. The van der Waals surface area contributed by atoms with E-state index in [1.807, 2.05) is 11.8 Å². The van der Waals surface area contributed by atoms with E-state index >= 15 is 0 Å². The molecule has 3 radical (unpaired) electrons. The van der Waals surface area contributed by atoms with Crippen LogP contribution in [0, 0.1) is 27.7 Å². The number of nitrogens with zero attached hydrogens (tertiary/aromatic N) is 2. The largest absolute Gasteiger partial charge is 0.342 e. The minimum atomic E-state index is 0. The Labute approximate surface area is 135 Å². The Hall–Kier alpha value is -1.16. The highest BCUT2D eigenvalue weighted by Gasteiger charge is 2.23. The Morgan fingerprint density at radius 1 is 0.952 bits per heavy atom. The van der Waals surface area contributed by atoms with Crippen molar-refractivity contribution in [3.63, 3.8) is 0 Å². The molecule has 4 heteroatoms. The van der Waals surface area contributed by atoms with E-state index in [2.05, 4.69) is 71.2 Å². The smallest absolute Gasteiger partial charge is 0.211 e. The summed E-state index contributed by atoms with van der Waals surface area (Å²) in [5.74, 6) is 0. The molecule has 1 aromatic heterocycles. The summed E-state index contributed by atoms with van der Waals surface area (Å²) >= 11 is 1.86. The third-order valence-corrected chi connectivity index (χ3v) is 5.98. The first kappa shape index (κ1) is 17.9. The molecule has 2 nitrogen and oxygen atoms in total. The quantitative estimate of drug-likeness (QED) is 0.578. The van der Waals surface area contributed by atoms with Crippen molar-refractivity contribution in [1.82, 2.24) is 4.90 Å². The molecule has 1 aromatic rings. The van der Waals surface area contributed by atoms with Crippen molar-refractivity contribution < 1.29 is 4.57 Å². The lowest BCUT2D eigenvalue weighted by molar-refractivity contribution is -0.680. The van der Waals surface area contributed by atoms with Gasteiger partial charge in [0.15, 0.2) is 5.69 Å². The molecule has 0 aromatic carbocycles. The highest BCUT2D eigenvalue weighted by Crippen LogP contribution is 2.40. The van der Waals surface area contributed by atoms with Crippen LogP contribution >= 0.6 is 11.8 Å². The number of pyridine rings is 1. The van der Waals surface area contributed by atoms with Gasteiger partial charge in [-0.3, -0.25) is 0 Å². The van der Waals surface area contributed by atoms with Crippen LogP contribution in [-0.2, 0) is 7.05 Å². The highest BCUT2D eigenvalue weighted by atomic mass is 32.2. The average molecular weight is 300 g/mol. The average Bonchev–Trinajstić information content (AvgIpc) is 2.66. The van der Waals surface area contributed by atoms with Crippen LogP contribution in [-0.4, -0.2) is 20.4 Å². The molecular formula is C17H25BN2S+. The van der Waals surface area contributed by atoms with Crippen molar-refractivity contribution in [1.29, 1.82) is 0 Å². The van der Waals surface area contributed by atoms with E-state index in [0.29, 0.717) is 0 Å². The topological polar surface area (TPSA) is 7.12 Å². The van der Waals surface area contributed by atoms with Crippen LogP contribution < -0.4 is 4.57 Å². The summed E-state index contributed by atoms with van der Waals surface area (Å²) < 4.78 is 2.31. The normalized spacial score (nSPS) is 16.8. The van der Waals surface area contributed by atoms with Crippen LogP contribution in [0.5, 0.6) is 0 Å². The van der Waals surface area contributed by atoms with Gasteiger partial charge in [-0.25, -0.2) is 0 Å². The van der Waals surface area contributed by atoms with Gasteiger partial charge in [0.1, 0.15) is 7.05 Å². The zero-order valence-corrected chi connectivity index (χ0v) is 15.3. The molecule has 0 spiro atoms. The van der Waals surface area contributed by atoms with Crippen LogP contribution in [0.25, 0.3) is 6.08 Å². The molecule has 0 bridgehead atoms. The Balaban J connectivity index is 0.00000220. The second-order valence-electron chi connectivity index (χ2n) is 5.69. The van der Waals surface area contributed by atoms with Gasteiger partial charge in [-0.05, 0) is 40.2 Å². The van der Waals surface area contributed by atoms with E-state index in [1.165, 1.54) is 43.7 Å². The van der Waals surface area contributed by atoms with Crippen molar-refractivity contribution in [2.45, 2.75) is 41.5 Å². The number of hydrogen-bond donors (Lipinski definition) is 0. The molecule has 21 heavy (non-hydrogen) atoms. The van der Waals surface area contributed by atoms with Gasteiger partial charge in [0.25, 0.3) is 0 Å². The predicted molar refractivity (Wildman–Crippen MR) is 94.0 cm³/mol. The maximum Gasteiger partial charge on any atom is 0.211 e. The summed E-state index contributed by atoms with van der Waals surface area (Å²) in [5.41, 5.74) is 8.17. The first-order valence-electron chi connectivity index (χ1n) is 7.02. The molecule has 1 aliphatic heterocycles. The molecule has 0 amide bonds. The SMILES string of the molecule is CC1=C(C)N(C)C(=Cc2c(C)c(C)c(C)c(C)[n+]2C)S1.[B]. The lowest BCUT2D eigenvalue weighted by Gasteiger charge is -2.15. The molecule has 111 valence electrons. The van der Waals surface area contributed by atoms with Crippen molar-refractivity contribution in [3.05, 3.63) is 43.7 Å². The zero-order chi connectivity index (χ0) is 15.2. The van der Waals surface area contributed by atoms with Crippen molar-refractivity contribution in [2.75, 3.05) is 7.05 Å². The number of hydrogen-bond acceptors (Lipinski definition) is 2. The second kappa shape index (κ2) is 6.31. The third-order valence-electron chi connectivity index (χ3n) is 4.78. The standard InChI is InChI=1S/C17H25N2S.B/c1-10-11(2)13(4)18(7)16(12(10)3)9-17-19(8)14(5)15(6)20-17;/h9H,1-8H3;/q+1;. The van der Waals surface area contributed by atoms with Gasteiger partial charge in [-0.15, -0.1) is 0 Å². The van der Waals surface area contributed by atoms with E-state index in [4.69, 9.17) is 0 Å². The first-order valence-corrected chi connectivity index (χ1v) is 7.84. The van der Waals surface area contributed by atoms with Crippen molar-refractivity contribution in [2.24, 2.45) is 7.05 Å². The Bertz CT molecular complexity index is 616. The summed E-state index contributed by atoms with van der Waals surface area (Å²) in [5, 5.41) is 1.31. The van der Waals surface area contributed by atoms with Gasteiger partial charge >= 0.3 is 0 Å². The molecule has 0 fully saturated rings. The van der Waals surface area contributed by atoms with Crippen LogP contribution in [0.3, 0.4) is 0 Å². The third kappa shape index (κ3) is 2.91. The van der Waals surface area contributed by atoms with Gasteiger partial charge in [-0.1, -0.05) is 11.8 Å². The maximum atomic E-state index is 2.32. The molecule has 1 aliphatic rings. The van der Waals surface area contributed by atoms with E-state index in [0.717, 1.165) is 0 Å². The maximum absolute atomic E-state index is 2.32. The fourth-order valence-corrected chi connectivity index (χ4v) is 3.62. The Kier molecular flexibility index (Phi) is 5.37. The van der Waals surface area contributed by atoms with Gasteiger partial charge in [0, 0.05) is 50.2 Å². The van der Waals surface area contributed by atoms with Gasteiger partial charge < -0.3 is 4.90 Å². The first-order chi connectivity index (χ1) is 9.25. The second-order valence-corrected chi connectivity index (χ2v) is 6.92. The molecular weight excluding hydrogens is 275 g/mol. The predicted octanol–water partition coefficient (Wildman–Crippen LogP) is 3.59. The van der Waals surface area contributed by atoms with E-state index in [1.54, 1.807) is 0 Å². The highest BCUT2D eigenvalue weighted by molar-refractivity contribution is 8.07.